The highest BCUT2D eigenvalue weighted by Gasteiger charge is 2.29. The highest BCUT2D eigenvalue weighted by atomic mass is 32.2. The standard InChI is InChI=1S/C30H56O4S.2CH4/c1-6-7-8-9-10-11-12-13-14-15-16-17-18-19-20-21-22-34-29(32)30(4,5)26-35-24-23-33-28(31)25-27(2)3;;/h2,6-26H2,1,3-5H3;2*1H4. The first-order valence-electron chi connectivity index (χ1n) is 14.3. The first-order chi connectivity index (χ1) is 16.8. The van der Waals surface area contributed by atoms with Crippen molar-refractivity contribution < 1.29 is 19.1 Å². The summed E-state index contributed by atoms with van der Waals surface area (Å²) >= 11 is 1.61. The molecule has 222 valence electrons. The number of unbranched alkanes of at least 4 members (excludes halogenated alkanes) is 15. The van der Waals surface area contributed by atoms with Gasteiger partial charge in [-0.25, -0.2) is 0 Å². The van der Waals surface area contributed by atoms with Crippen molar-refractivity contribution in [2.45, 2.75) is 152 Å². The average molecular weight is 545 g/mol. The smallest absolute Gasteiger partial charge is 0.312 e. The molecule has 5 heteroatoms. The van der Waals surface area contributed by atoms with E-state index >= 15 is 0 Å². The summed E-state index contributed by atoms with van der Waals surface area (Å²) in [5.41, 5.74) is 0.275. The van der Waals surface area contributed by atoms with E-state index in [2.05, 4.69) is 13.5 Å². The molecule has 0 fully saturated rings. The van der Waals surface area contributed by atoms with Gasteiger partial charge in [0.05, 0.1) is 18.4 Å². The average Bonchev–Trinajstić information content (AvgIpc) is 2.80. The Labute approximate surface area is 236 Å². The van der Waals surface area contributed by atoms with Gasteiger partial charge in [0, 0.05) is 11.5 Å². The quantitative estimate of drug-likeness (QED) is 0.0650. The summed E-state index contributed by atoms with van der Waals surface area (Å²) in [7, 11) is 0. The van der Waals surface area contributed by atoms with Crippen LogP contribution in [0.15, 0.2) is 12.2 Å². The van der Waals surface area contributed by atoms with Crippen molar-refractivity contribution in [2.24, 2.45) is 5.41 Å². The fraction of sp³-hybridized carbons (Fsp3) is 0.875. The van der Waals surface area contributed by atoms with Gasteiger partial charge in [-0.3, -0.25) is 9.59 Å². The molecule has 4 nitrogen and oxygen atoms in total. The molecule has 0 bridgehead atoms. The van der Waals surface area contributed by atoms with Crippen LogP contribution >= 0.6 is 11.8 Å². The van der Waals surface area contributed by atoms with E-state index in [9.17, 15) is 9.59 Å². The second-order valence-electron chi connectivity index (χ2n) is 10.7. The van der Waals surface area contributed by atoms with E-state index in [4.69, 9.17) is 9.47 Å². The number of rotatable bonds is 25. The Bertz CT molecular complexity index is 545. The molecule has 0 rings (SSSR count). The monoisotopic (exact) mass is 544 g/mol. The van der Waals surface area contributed by atoms with Crippen molar-refractivity contribution >= 4 is 23.7 Å². The molecule has 0 saturated heterocycles. The molecule has 0 N–H and O–H groups in total. The fourth-order valence-electron chi connectivity index (χ4n) is 3.91. The molecule has 0 spiro atoms. The molecule has 0 heterocycles. The highest BCUT2D eigenvalue weighted by molar-refractivity contribution is 7.99. The molecule has 0 saturated carbocycles. The maximum Gasteiger partial charge on any atom is 0.312 e. The third-order valence-corrected chi connectivity index (χ3v) is 7.56. The Morgan fingerprint density at radius 3 is 1.57 bits per heavy atom. The molecule has 0 radical (unpaired) electrons. The van der Waals surface area contributed by atoms with Gasteiger partial charge in [0.15, 0.2) is 0 Å². The van der Waals surface area contributed by atoms with Gasteiger partial charge in [-0.2, -0.15) is 11.8 Å². The number of carbonyl (C=O) groups excluding carboxylic acids is 2. The van der Waals surface area contributed by atoms with Crippen LogP contribution in [0.4, 0.5) is 0 Å². The minimum Gasteiger partial charge on any atom is -0.465 e. The number of hydrogen-bond donors (Lipinski definition) is 0. The molecule has 0 aliphatic rings. The summed E-state index contributed by atoms with van der Waals surface area (Å²) in [6, 6.07) is 0. The minimum atomic E-state index is -0.526. The zero-order chi connectivity index (χ0) is 26.2. The van der Waals surface area contributed by atoms with Crippen molar-refractivity contribution in [1.29, 1.82) is 0 Å². The van der Waals surface area contributed by atoms with E-state index in [-0.39, 0.29) is 33.2 Å². The largest absolute Gasteiger partial charge is 0.465 e. The molecule has 0 amide bonds. The number of ether oxygens (including phenoxy) is 2. The van der Waals surface area contributed by atoms with Gasteiger partial charge in [-0.05, 0) is 27.2 Å². The van der Waals surface area contributed by atoms with Gasteiger partial charge in [-0.15, -0.1) is 0 Å². The van der Waals surface area contributed by atoms with Gasteiger partial charge >= 0.3 is 11.9 Å². The maximum atomic E-state index is 12.4. The normalized spacial score (nSPS) is 10.8. The molecule has 0 aromatic rings. The van der Waals surface area contributed by atoms with E-state index in [1.807, 2.05) is 20.8 Å². The van der Waals surface area contributed by atoms with E-state index in [1.165, 1.54) is 89.9 Å². The van der Waals surface area contributed by atoms with Crippen molar-refractivity contribution in [3.8, 4) is 0 Å². The molecule has 0 aromatic carbocycles. The number of hydrogen-bond acceptors (Lipinski definition) is 5. The molecule has 0 aliphatic heterocycles. The van der Waals surface area contributed by atoms with Crippen LogP contribution in [0.3, 0.4) is 0 Å². The lowest BCUT2D eigenvalue weighted by molar-refractivity contribution is -0.152. The number of thioether (sulfide) groups is 1. The zero-order valence-corrected chi connectivity index (χ0v) is 24.4. The molecule has 0 aliphatic carbocycles. The molecule has 37 heavy (non-hydrogen) atoms. The Kier molecular flexibility index (Phi) is 30.7. The lowest BCUT2D eigenvalue weighted by atomic mass is 9.97. The lowest BCUT2D eigenvalue weighted by Gasteiger charge is -2.22. The van der Waals surface area contributed by atoms with Crippen LogP contribution in [0.1, 0.15) is 152 Å². The van der Waals surface area contributed by atoms with E-state index in [1.54, 1.807) is 11.8 Å². The Morgan fingerprint density at radius 2 is 1.14 bits per heavy atom. The highest BCUT2D eigenvalue weighted by Crippen LogP contribution is 2.24. The van der Waals surface area contributed by atoms with E-state index in [0.717, 1.165) is 18.4 Å². The third-order valence-electron chi connectivity index (χ3n) is 6.18. The van der Waals surface area contributed by atoms with Crippen LogP contribution in [0, 0.1) is 5.41 Å². The summed E-state index contributed by atoms with van der Waals surface area (Å²) in [5.74, 6) is 0.960. The van der Waals surface area contributed by atoms with Crippen molar-refractivity contribution in [1.82, 2.24) is 0 Å². The first kappa shape index (κ1) is 40.5. The van der Waals surface area contributed by atoms with Crippen molar-refractivity contribution in [2.75, 3.05) is 24.7 Å². The zero-order valence-electron chi connectivity index (χ0n) is 23.6. The lowest BCUT2D eigenvalue weighted by Crippen LogP contribution is -2.29. The number of esters is 2. The van der Waals surface area contributed by atoms with Gasteiger partial charge in [0.2, 0.25) is 0 Å². The summed E-state index contributed by atoms with van der Waals surface area (Å²) < 4.78 is 10.7. The molecule has 0 aromatic heterocycles. The summed E-state index contributed by atoms with van der Waals surface area (Å²) in [5, 5.41) is 0. The summed E-state index contributed by atoms with van der Waals surface area (Å²) in [4.78, 5) is 23.9. The van der Waals surface area contributed by atoms with Crippen LogP contribution < -0.4 is 0 Å². The predicted octanol–water partition coefficient (Wildman–Crippen LogP) is 10.3. The fourth-order valence-corrected chi connectivity index (χ4v) is 4.88. The van der Waals surface area contributed by atoms with Crippen molar-refractivity contribution in [3.63, 3.8) is 0 Å². The Balaban J connectivity index is -0.00000578. The van der Waals surface area contributed by atoms with Gasteiger partial charge in [0.1, 0.15) is 6.61 Å². The van der Waals surface area contributed by atoms with Crippen LogP contribution in [0.5, 0.6) is 0 Å². The van der Waals surface area contributed by atoms with Gasteiger partial charge < -0.3 is 9.47 Å². The van der Waals surface area contributed by atoms with Crippen molar-refractivity contribution in [3.05, 3.63) is 12.2 Å². The summed E-state index contributed by atoms with van der Waals surface area (Å²) in [6.07, 6.45) is 21.7. The van der Waals surface area contributed by atoms with Gasteiger partial charge in [0.25, 0.3) is 0 Å². The Morgan fingerprint density at radius 1 is 0.703 bits per heavy atom. The van der Waals surface area contributed by atoms with Crippen LogP contribution in [0.2, 0.25) is 0 Å². The van der Waals surface area contributed by atoms with Gasteiger partial charge in [-0.1, -0.05) is 130 Å². The SMILES string of the molecule is C.C.C=C(C)CC(=O)OCCSCC(C)(C)C(=O)OCCCCCCCCCCCCCCCCCC. The first-order valence-corrected chi connectivity index (χ1v) is 15.5. The second kappa shape index (κ2) is 28.0. The predicted molar refractivity (Wildman–Crippen MR) is 165 cm³/mol. The van der Waals surface area contributed by atoms with Crippen LogP contribution in [-0.2, 0) is 19.1 Å². The molecular weight excluding hydrogens is 480 g/mol. The van der Waals surface area contributed by atoms with Crippen LogP contribution in [-0.4, -0.2) is 36.7 Å². The molecule has 0 atom stereocenters. The van der Waals surface area contributed by atoms with E-state index < -0.39 is 5.41 Å². The van der Waals surface area contributed by atoms with Crippen LogP contribution in [0.25, 0.3) is 0 Å². The Hall–Kier alpha value is -0.970. The molecular formula is C32H64O4S. The summed E-state index contributed by atoms with van der Waals surface area (Å²) in [6.45, 7) is 12.5. The van der Waals surface area contributed by atoms with E-state index in [0.29, 0.717) is 24.7 Å². The number of carbonyl (C=O) groups is 2. The third kappa shape index (κ3) is 27.9. The minimum absolute atomic E-state index is 0. The maximum absolute atomic E-state index is 12.4. The second-order valence-corrected chi connectivity index (χ2v) is 11.8. The topological polar surface area (TPSA) is 52.6 Å². The molecule has 0 unspecified atom stereocenters.